The molecule has 0 fully saturated rings. The van der Waals surface area contributed by atoms with Crippen molar-refractivity contribution in [2.24, 2.45) is 11.7 Å². The van der Waals surface area contributed by atoms with Crippen LogP contribution < -0.4 is 5.73 Å². The Balaban J connectivity index is 2.79. The maximum atomic E-state index is 12.4. The van der Waals surface area contributed by atoms with E-state index in [0.29, 0.717) is 13.1 Å². The molecule has 0 spiro atoms. The van der Waals surface area contributed by atoms with Gasteiger partial charge in [-0.1, -0.05) is 6.92 Å². The summed E-state index contributed by atoms with van der Waals surface area (Å²) in [4.78, 5) is 14.2. The van der Waals surface area contributed by atoms with Gasteiger partial charge >= 0.3 is 0 Å². The van der Waals surface area contributed by atoms with Crippen LogP contribution in [0.25, 0.3) is 0 Å². The minimum atomic E-state index is -0.0940. The molecule has 1 rings (SSSR count). The second-order valence-electron chi connectivity index (χ2n) is 4.91. The molecule has 1 amide bonds. The molecule has 102 valence electrons. The van der Waals surface area contributed by atoms with Crippen LogP contribution in [0.15, 0.2) is 16.5 Å². The van der Waals surface area contributed by atoms with E-state index in [0.717, 1.165) is 17.9 Å². The number of carbonyl (C=O) groups excluding carboxylic acids is 1. The van der Waals surface area contributed by atoms with Gasteiger partial charge in [0.05, 0.1) is 12.5 Å². The molecule has 4 heteroatoms. The van der Waals surface area contributed by atoms with Crippen molar-refractivity contribution in [3.63, 3.8) is 0 Å². The molecule has 0 radical (unpaired) electrons. The van der Waals surface area contributed by atoms with E-state index in [2.05, 4.69) is 0 Å². The minimum absolute atomic E-state index is 0.0940. The third kappa shape index (κ3) is 3.60. The smallest absolute Gasteiger partial charge is 0.227 e. The Morgan fingerprint density at radius 1 is 1.44 bits per heavy atom. The van der Waals surface area contributed by atoms with Crippen LogP contribution in [0.4, 0.5) is 0 Å². The van der Waals surface area contributed by atoms with Crippen LogP contribution in [0.1, 0.15) is 38.7 Å². The molecule has 1 aromatic heterocycles. The number of hydrogen-bond acceptors (Lipinski definition) is 3. The van der Waals surface area contributed by atoms with E-state index in [4.69, 9.17) is 10.2 Å². The van der Waals surface area contributed by atoms with Gasteiger partial charge in [0.2, 0.25) is 5.91 Å². The third-order valence-electron chi connectivity index (χ3n) is 3.16. The molecule has 0 saturated carbocycles. The number of hydrogen-bond donors (Lipinski definition) is 1. The van der Waals surface area contributed by atoms with Crippen LogP contribution in [0.5, 0.6) is 0 Å². The molecule has 0 aromatic carbocycles. The fourth-order valence-electron chi connectivity index (χ4n) is 1.93. The van der Waals surface area contributed by atoms with Crippen molar-refractivity contribution in [2.45, 2.75) is 46.7 Å². The maximum Gasteiger partial charge on any atom is 0.227 e. The molecule has 0 aliphatic carbocycles. The van der Waals surface area contributed by atoms with Gasteiger partial charge in [-0.2, -0.15) is 0 Å². The molecule has 1 heterocycles. The summed E-state index contributed by atoms with van der Waals surface area (Å²) < 4.78 is 5.54. The Morgan fingerprint density at radius 2 is 2.11 bits per heavy atom. The van der Waals surface area contributed by atoms with Crippen molar-refractivity contribution >= 4 is 5.91 Å². The van der Waals surface area contributed by atoms with Crippen molar-refractivity contribution in [1.29, 1.82) is 0 Å². The Morgan fingerprint density at radius 3 is 2.50 bits per heavy atom. The molecule has 0 aliphatic heterocycles. The lowest BCUT2D eigenvalue weighted by Gasteiger charge is -2.29. The molecule has 1 atom stereocenters. The molecule has 1 unspecified atom stereocenters. The lowest BCUT2D eigenvalue weighted by molar-refractivity contribution is -0.138. The molecule has 18 heavy (non-hydrogen) atoms. The molecule has 0 bridgehead atoms. The van der Waals surface area contributed by atoms with E-state index in [1.165, 1.54) is 0 Å². The van der Waals surface area contributed by atoms with Crippen molar-refractivity contribution in [3.05, 3.63) is 23.7 Å². The lowest BCUT2D eigenvalue weighted by atomic mass is 10.0. The normalized spacial score (nSPS) is 12.8. The third-order valence-corrected chi connectivity index (χ3v) is 3.16. The van der Waals surface area contributed by atoms with E-state index in [1.54, 1.807) is 0 Å². The summed E-state index contributed by atoms with van der Waals surface area (Å²) in [6, 6.07) is 3.98. The van der Waals surface area contributed by atoms with E-state index in [1.807, 2.05) is 44.7 Å². The van der Waals surface area contributed by atoms with Gasteiger partial charge in [0.1, 0.15) is 11.5 Å². The van der Waals surface area contributed by atoms with Gasteiger partial charge in [-0.15, -0.1) is 0 Å². The number of aryl methyl sites for hydroxylation is 1. The van der Waals surface area contributed by atoms with Crippen molar-refractivity contribution < 1.29 is 9.21 Å². The first-order valence-corrected chi connectivity index (χ1v) is 6.55. The monoisotopic (exact) mass is 252 g/mol. The highest BCUT2D eigenvalue weighted by atomic mass is 16.3. The van der Waals surface area contributed by atoms with Gasteiger partial charge in [-0.05, 0) is 39.3 Å². The zero-order valence-corrected chi connectivity index (χ0v) is 11.8. The Kier molecular flexibility index (Phi) is 5.41. The zero-order chi connectivity index (χ0) is 13.7. The minimum Gasteiger partial charge on any atom is -0.464 e. The Hall–Kier alpha value is -1.29. The molecule has 0 saturated heterocycles. The second-order valence-corrected chi connectivity index (χ2v) is 4.91. The number of amides is 1. The van der Waals surface area contributed by atoms with Gasteiger partial charge in [-0.3, -0.25) is 4.79 Å². The van der Waals surface area contributed by atoms with Gasteiger partial charge in [0, 0.05) is 12.6 Å². The quantitative estimate of drug-likeness (QED) is 0.845. The standard InChI is InChI=1S/C14H24N2O2/c1-5-12(8-15)14(17)16(10(2)3)9-13-7-6-11(4)18-13/h6-7,10,12H,5,8-9,15H2,1-4H3. The number of rotatable bonds is 6. The molecule has 1 aromatic rings. The van der Waals surface area contributed by atoms with Crippen molar-refractivity contribution in [2.75, 3.05) is 6.54 Å². The highest BCUT2D eigenvalue weighted by molar-refractivity contribution is 5.79. The molecule has 2 N–H and O–H groups in total. The summed E-state index contributed by atoms with van der Waals surface area (Å²) >= 11 is 0. The van der Waals surface area contributed by atoms with Gasteiger partial charge in [-0.25, -0.2) is 0 Å². The maximum absolute atomic E-state index is 12.4. The van der Waals surface area contributed by atoms with Crippen LogP contribution in [0.2, 0.25) is 0 Å². The summed E-state index contributed by atoms with van der Waals surface area (Å²) in [7, 11) is 0. The Labute approximate surface area is 109 Å². The first kappa shape index (κ1) is 14.8. The fourth-order valence-corrected chi connectivity index (χ4v) is 1.93. The van der Waals surface area contributed by atoms with E-state index < -0.39 is 0 Å². The number of carbonyl (C=O) groups is 1. The lowest BCUT2D eigenvalue weighted by Crippen LogP contribution is -2.42. The Bertz CT molecular complexity index is 381. The molecule has 4 nitrogen and oxygen atoms in total. The van der Waals surface area contributed by atoms with Gasteiger partial charge < -0.3 is 15.1 Å². The van der Waals surface area contributed by atoms with E-state index >= 15 is 0 Å². The van der Waals surface area contributed by atoms with Crippen LogP contribution >= 0.6 is 0 Å². The second kappa shape index (κ2) is 6.59. The highest BCUT2D eigenvalue weighted by Crippen LogP contribution is 2.16. The summed E-state index contributed by atoms with van der Waals surface area (Å²) in [6.07, 6.45) is 0.774. The van der Waals surface area contributed by atoms with Crippen molar-refractivity contribution in [1.82, 2.24) is 4.90 Å². The predicted molar refractivity (Wildman–Crippen MR) is 72.0 cm³/mol. The molecular weight excluding hydrogens is 228 g/mol. The van der Waals surface area contributed by atoms with Crippen LogP contribution in [0.3, 0.4) is 0 Å². The summed E-state index contributed by atoms with van der Waals surface area (Å²) in [6.45, 7) is 8.83. The van der Waals surface area contributed by atoms with E-state index in [-0.39, 0.29) is 17.9 Å². The predicted octanol–water partition coefficient (Wildman–Crippen LogP) is 2.31. The van der Waals surface area contributed by atoms with Crippen molar-refractivity contribution in [3.8, 4) is 0 Å². The topological polar surface area (TPSA) is 59.5 Å². The van der Waals surface area contributed by atoms with Crippen LogP contribution in [-0.2, 0) is 11.3 Å². The summed E-state index contributed by atoms with van der Waals surface area (Å²) in [5.74, 6) is 1.71. The number of nitrogens with zero attached hydrogens (tertiary/aromatic N) is 1. The number of nitrogens with two attached hydrogens (primary N) is 1. The van der Waals surface area contributed by atoms with Crippen LogP contribution in [0, 0.1) is 12.8 Å². The summed E-state index contributed by atoms with van der Waals surface area (Å²) in [5.41, 5.74) is 5.65. The first-order valence-electron chi connectivity index (χ1n) is 6.55. The average molecular weight is 252 g/mol. The summed E-state index contributed by atoms with van der Waals surface area (Å²) in [5, 5.41) is 0. The molecule has 0 aliphatic rings. The SMILES string of the molecule is CCC(CN)C(=O)N(Cc1ccc(C)o1)C(C)C. The largest absolute Gasteiger partial charge is 0.464 e. The van der Waals surface area contributed by atoms with Crippen LogP contribution in [-0.4, -0.2) is 23.4 Å². The fraction of sp³-hybridized carbons (Fsp3) is 0.643. The zero-order valence-electron chi connectivity index (χ0n) is 11.8. The van der Waals surface area contributed by atoms with Gasteiger partial charge in [0.25, 0.3) is 0 Å². The molecular formula is C14H24N2O2. The highest BCUT2D eigenvalue weighted by Gasteiger charge is 2.24. The van der Waals surface area contributed by atoms with E-state index in [9.17, 15) is 4.79 Å². The number of furan rings is 1. The van der Waals surface area contributed by atoms with Gasteiger partial charge in [0.15, 0.2) is 0 Å². The average Bonchev–Trinajstić information content (AvgIpc) is 2.73. The first-order chi connectivity index (χ1) is 8.49.